The van der Waals surface area contributed by atoms with Crippen LogP contribution in [0.25, 0.3) is 0 Å². The maximum absolute atomic E-state index is 13.8. The quantitative estimate of drug-likeness (QED) is 0.359. The lowest BCUT2D eigenvalue weighted by Gasteiger charge is -2.44. The first-order valence-corrected chi connectivity index (χ1v) is 12.8. The van der Waals surface area contributed by atoms with Gasteiger partial charge in [-0.25, -0.2) is 33.8 Å². The molecule has 1 atom stereocenters. The van der Waals surface area contributed by atoms with E-state index < -0.39 is 21.8 Å². The lowest BCUT2D eigenvalue weighted by Crippen LogP contribution is -2.39. The highest BCUT2D eigenvalue weighted by Gasteiger charge is 2.45. The Morgan fingerprint density at radius 2 is 1.72 bits per heavy atom. The molecule has 9 nitrogen and oxygen atoms in total. The Morgan fingerprint density at radius 3 is 2.33 bits per heavy atom. The summed E-state index contributed by atoms with van der Waals surface area (Å²) in [5.41, 5.74) is 5.43. The van der Waals surface area contributed by atoms with E-state index in [1.54, 1.807) is 24.3 Å². The molecule has 1 unspecified atom stereocenters. The third-order valence-electron chi connectivity index (χ3n) is 6.58. The van der Waals surface area contributed by atoms with Crippen LogP contribution >= 0.6 is 0 Å². The van der Waals surface area contributed by atoms with E-state index in [1.165, 1.54) is 30.6 Å². The highest BCUT2D eigenvalue weighted by atomic mass is 32.2. The summed E-state index contributed by atoms with van der Waals surface area (Å²) in [6, 6.07) is 12.1. The number of hydrogen-bond donors (Lipinski definition) is 3. The number of carbonyl (C=O) groups excluding carboxylic acids is 1. The summed E-state index contributed by atoms with van der Waals surface area (Å²) in [6.45, 7) is 4.04. The Bertz CT molecular complexity index is 1500. The number of fused-ring (bicyclic) bond motifs is 1. The Balaban J connectivity index is 1.82. The number of hydrazine groups is 1. The molecule has 2 aromatic carbocycles. The molecule has 3 aromatic rings. The molecule has 0 radical (unpaired) electrons. The molecule has 0 saturated heterocycles. The average Bonchev–Trinajstić information content (AvgIpc) is 2.82. The minimum Gasteiger partial charge on any atom is -0.308 e. The number of rotatable bonds is 4. The summed E-state index contributed by atoms with van der Waals surface area (Å²) < 4.78 is 37.5. The zero-order valence-electron chi connectivity index (χ0n) is 19.7. The smallest absolute Gasteiger partial charge is 0.238 e. The topological polar surface area (TPSA) is 144 Å². The molecule has 1 aromatic heterocycles. The lowest BCUT2D eigenvalue weighted by molar-refractivity contribution is -0.118. The standard InChI is InChI=1S/C25H25FN6O3S/c1-25(2)11-18-21(19(33)12-25)20(14-3-5-15(26)6-4-14)22-23(31-27)29-13-30-24(22)32(18)16-7-9-17(10-8-16)36(28,34)35/h3-10,13,20H,11-12,27H2,1-2H3,(H2,28,34,35)(H,29,30,31). The number of carbonyl (C=O) groups is 1. The monoisotopic (exact) mass is 508 g/mol. The number of nitrogen functional groups attached to an aromatic ring is 1. The van der Waals surface area contributed by atoms with E-state index in [0.29, 0.717) is 46.9 Å². The van der Waals surface area contributed by atoms with Crippen LogP contribution in [0.15, 0.2) is 71.0 Å². The molecule has 0 amide bonds. The van der Waals surface area contributed by atoms with Gasteiger partial charge in [-0.15, -0.1) is 0 Å². The third-order valence-corrected chi connectivity index (χ3v) is 7.51. The number of benzene rings is 2. The number of allylic oxidation sites excluding steroid dienone is 2. The van der Waals surface area contributed by atoms with Gasteiger partial charge in [-0.2, -0.15) is 0 Å². The molecule has 36 heavy (non-hydrogen) atoms. The zero-order chi connectivity index (χ0) is 25.8. The van der Waals surface area contributed by atoms with Crippen molar-refractivity contribution in [1.82, 2.24) is 9.97 Å². The molecular weight excluding hydrogens is 483 g/mol. The predicted octanol–water partition coefficient (Wildman–Crippen LogP) is 3.48. The number of Topliss-reactive ketones (excluding diaryl/α,β-unsaturated/α-hetero) is 1. The van der Waals surface area contributed by atoms with Crippen molar-refractivity contribution in [1.29, 1.82) is 0 Å². The number of anilines is 3. The number of ketones is 1. The van der Waals surface area contributed by atoms with Gasteiger partial charge in [0.25, 0.3) is 0 Å². The van der Waals surface area contributed by atoms with Crippen molar-refractivity contribution in [2.24, 2.45) is 16.4 Å². The number of hydrogen-bond acceptors (Lipinski definition) is 8. The van der Waals surface area contributed by atoms with Crippen LogP contribution in [0.4, 0.5) is 21.7 Å². The maximum atomic E-state index is 13.8. The molecule has 0 bridgehead atoms. The number of nitrogens with two attached hydrogens (primary N) is 2. The van der Waals surface area contributed by atoms with E-state index in [1.807, 2.05) is 18.7 Å². The van der Waals surface area contributed by atoms with E-state index in [4.69, 9.17) is 11.0 Å². The number of halogens is 1. The molecule has 5 N–H and O–H groups in total. The molecule has 5 rings (SSSR count). The second-order valence-electron chi connectivity index (χ2n) is 9.76. The molecular formula is C25H25FN6O3S. The molecule has 0 fully saturated rings. The van der Waals surface area contributed by atoms with Gasteiger partial charge in [-0.05, 0) is 53.8 Å². The zero-order valence-corrected chi connectivity index (χ0v) is 20.5. The van der Waals surface area contributed by atoms with E-state index in [2.05, 4.69) is 15.4 Å². The number of aromatic nitrogens is 2. The fourth-order valence-electron chi connectivity index (χ4n) is 5.10. The number of primary sulfonamides is 1. The Kier molecular flexibility index (Phi) is 5.66. The van der Waals surface area contributed by atoms with Gasteiger partial charge < -0.3 is 5.43 Å². The summed E-state index contributed by atoms with van der Waals surface area (Å²) in [7, 11) is -3.89. The first-order chi connectivity index (χ1) is 17.0. The van der Waals surface area contributed by atoms with Crippen LogP contribution in [0.5, 0.6) is 0 Å². The van der Waals surface area contributed by atoms with Crippen molar-refractivity contribution in [3.63, 3.8) is 0 Å². The summed E-state index contributed by atoms with van der Waals surface area (Å²) >= 11 is 0. The van der Waals surface area contributed by atoms with Gasteiger partial charge in [0.15, 0.2) is 5.78 Å². The molecule has 11 heteroatoms. The molecule has 1 aliphatic heterocycles. The van der Waals surface area contributed by atoms with Crippen molar-refractivity contribution in [2.45, 2.75) is 37.5 Å². The highest BCUT2D eigenvalue weighted by Crippen LogP contribution is 2.54. The number of nitrogens with zero attached hydrogens (tertiary/aromatic N) is 3. The first-order valence-electron chi connectivity index (χ1n) is 11.3. The maximum Gasteiger partial charge on any atom is 0.238 e. The molecule has 0 spiro atoms. The average molecular weight is 509 g/mol. The normalized spacial score (nSPS) is 19.1. The van der Waals surface area contributed by atoms with Crippen LogP contribution in [0.3, 0.4) is 0 Å². The highest BCUT2D eigenvalue weighted by molar-refractivity contribution is 7.89. The van der Waals surface area contributed by atoms with E-state index in [9.17, 15) is 17.6 Å². The number of sulfonamides is 1. The van der Waals surface area contributed by atoms with Crippen LogP contribution in [0.1, 0.15) is 43.7 Å². The van der Waals surface area contributed by atoms with Crippen LogP contribution < -0.4 is 21.3 Å². The van der Waals surface area contributed by atoms with E-state index >= 15 is 0 Å². The summed E-state index contributed by atoms with van der Waals surface area (Å²) in [6.07, 6.45) is 2.25. The largest absolute Gasteiger partial charge is 0.308 e. The van der Waals surface area contributed by atoms with Gasteiger partial charge in [0.1, 0.15) is 23.8 Å². The van der Waals surface area contributed by atoms with Crippen LogP contribution in [-0.4, -0.2) is 24.2 Å². The van der Waals surface area contributed by atoms with Gasteiger partial charge in [0.05, 0.1) is 10.5 Å². The Labute approximate surface area is 208 Å². The molecule has 2 heterocycles. The van der Waals surface area contributed by atoms with Crippen molar-refractivity contribution >= 4 is 33.1 Å². The minimum absolute atomic E-state index is 0.0334. The van der Waals surface area contributed by atoms with Crippen molar-refractivity contribution < 1.29 is 17.6 Å². The van der Waals surface area contributed by atoms with Crippen LogP contribution in [-0.2, 0) is 14.8 Å². The lowest BCUT2D eigenvalue weighted by atomic mass is 9.68. The summed E-state index contributed by atoms with van der Waals surface area (Å²) in [4.78, 5) is 24.4. The fraction of sp³-hybridized carbons (Fsp3) is 0.240. The van der Waals surface area contributed by atoms with Crippen molar-refractivity contribution in [3.8, 4) is 0 Å². The number of nitrogens with one attached hydrogen (secondary N) is 1. The second kappa shape index (κ2) is 8.47. The van der Waals surface area contributed by atoms with Gasteiger partial charge >= 0.3 is 0 Å². The van der Waals surface area contributed by atoms with E-state index in [-0.39, 0.29) is 16.1 Å². The molecule has 2 aliphatic rings. The van der Waals surface area contributed by atoms with E-state index in [0.717, 1.165) is 5.70 Å². The first kappa shape index (κ1) is 24.0. The van der Waals surface area contributed by atoms with Crippen molar-refractivity contribution in [2.75, 3.05) is 10.3 Å². The predicted molar refractivity (Wildman–Crippen MR) is 133 cm³/mol. The summed E-state index contributed by atoms with van der Waals surface area (Å²) in [5.74, 6) is 5.63. The SMILES string of the molecule is CC1(C)CC(=O)C2=C(C1)N(c1ccc(S(N)(=O)=O)cc1)c1ncnc(NN)c1C2c1ccc(F)cc1. The summed E-state index contributed by atoms with van der Waals surface area (Å²) in [5, 5.41) is 5.29. The molecule has 186 valence electrons. The second-order valence-corrected chi connectivity index (χ2v) is 11.3. The fourth-order valence-corrected chi connectivity index (χ4v) is 5.61. The van der Waals surface area contributed by atoms with Gasteiger partial charge in [0.2, 0.25) is 10.0 Å². The third kappa shape index (κ3) is 4.04. The Morgan fingerprint density at radius 1 is 1.06 bits per heavy atom. The molecule has 0 saturated carbocycles. The van der Waals surface area contributed by atoms with Crippen molar-refractivity contribution in [3.05, 3.63) is 83.1 Å². The van der Waals surface area contributed by atoms with Gasteiger partial charge in [-0.3, -0.25) is 9.69 Å². The van der Waals surface area contributed by atoms with Gasteiger partial charge in [0, 0.05) is 29.3 Å². The van der Waals surface area contributed by atoms with Gasteiger partial charge in [-0.1, -0.05) is 26.0 Å². The van der Waals surface area contributed by atoms with Crippen LogP contribution in [0.2, 0.25) is 0 Å². The minimum atomic E-state index is -3.89. The van der Waals surface area contributed by atoms with Crippen LogP contribution in [0, 0.1) is 11.2 Å². The Hall–Kier alpha value is -3.67. The molecule has 1 aliphatic carbocycles.